The monoisotopic (exact) mass is 329 g/mol. The molecule has 24 heavy (non-hydrogen) atoms. The standard InChI is InChI=1S/C19H27N3O2/c1-2-3-13-22-18(23)14-17(19(22)24)20-15-7-9-16(10-8-15)21-11-5-4-6-12-21/h7-10,17,20H,2-6,11-14H2,1H3/t17-/m1/s1. The van der Waals surface area contributed by atoms with Crippen molar-refractivity contribution in [2.45, 2.75) is 51.5 Å². The van der Waals surface area contributed by atoms with Crippen LogP contribution in [0.1, 0.15) is 45.4 Å². The first kappa shape index (κ1) is 16.8. The summed E-state index contributed by atoms with van der Waals surface area (Å²) in [6, 6.07) is 7.80. The fraction of sp³-hybridized carbons (Fsp3) is 0.579. The molecule has 1 N–H and O–H groups in total. The molecule has 1 atom stereocenters. The van der Waals surface area contributed by atoms with Gasteiger partial charge < -0.3 is 10.2 Å². The molecule has 2 heterocycles. The minimum Gasteiger partial charge on any atom is -0.373 e. The third-order valence-electron chi connectivity index (χ3n) is 4.91. The van der Waals surface area contributed by atoms with Crippen LogP contribution in [0.3, 0.4) is 0 Å². The van der Waals surface area contributed by atoms with E-state index < -0.39 is 6.04 Å². The Bertz CT molecular complexity index is 579. The van der Waals surface area contributed by atoms with Crippen molar-refractivity contribution >= 4 is 23.2 Å². The Morgan fingerprint density at radius 3 is 2.46 bits per heavy atom. The lowest BCUT2D eigenvalue weighted by Gasteiger charge is -2.29. The van der Waals surface area contributed by atoms with E-state index in [0.717, 1.165) is 31.6 Å². The number of anilines is 2. The summed E-state index contributed by atoms with van der Waals surface area (Å²) in [5.41, 5.74) is 2.14. The quantitative estimate of drug-likeness (QED) is 0.815. The zero-order chi connectivity index (χ0) is 16.9. The molecule has 0 bridgehead atoms. The number of likely N-dealkylation sites (tertiary alicyclic amines) is 1. The lowest BCUT2D eigenvalue weighted by molar-refractivity contribution is -0.138. The molecule has 5 nitrogen and oxygen atoms in total. The van der Waals surface area contributed by atoms with E-state index >= 15 is 0 Å². The summed E-state index contributed by atoms with van der Waals surface area (Å²) >= 11 is 0. The van der Waals surface area contributed by atoms with Crippen molar-refractivity contribution < 1.29 is 9.59 Å². The van der Waals surface area contributed by atoms with Crippen LogP contribution < -0.4 is 10.2 Å². The largest absolute Gasteiger partial charge is 0.373 e. The molecule has 5 heteroatoms. The topological polar surface area (TPSA) is 52.7 Å². The molecule has 2 aliphatic rings. The summed E-state index contributed by atoms with van der Waals surface area (Å²) in [6.45, 7) is 4.84. The van der Waals surface area contributed by atoms with E-state index in [4.69, 9.17) is 0 Å². The van der Waals surface area contributed by atoms with Gasteiger partial charge in [0, 0.05) is 31.0 Å². The summed E-state index contributed by atoms with van der Waals surface area (Å²) in [6.07, 6.45) is 5.94. The van der Waals surface area contributed by atoms with Gasteiger partial charge in [0.1, 0.15) is 6.04 Å². The van der Waals surface area contributed by atoms with Gasteiger partial charge in [-0.3, -0.25) is 14.5 Å². The van der Waals surface area contributed by atoms with Gasteiger partial charge in [-0.05, 0) is 49.9 Å². The second kappa shape index (κ2) is 7.69. The number of rotatable bonds is 6. The first-order valence-electron chi connectivity index (χ1n) is 9.15. The molecule has 1 aromatic carbocycles. The minimum absolute atomic E-state index is 0.0594. The number of amides is 2. The number of hydrogen-bond donors (Lipinski definition) is 1. The highest BCUT2D eigenvalue weighted by Crippen LogP contribution is 2.24. The second-order valence-electron chi connectivity index (χ2n) is 6.73. The highest BCUT2D eigenvalue weighted by atomic mass is 16.2. The van der Waals surface area contributed by atoms with E-state index in [1.165, 1.54) is 29.8 Å². The molecule has 0 radical (unpaired) electrons. The fourth-order valence-electron chi connectivity index (χ4n) is 3.47. The molecule has 0 spiro atoms. The number of carbonyl (C=O) groups is 2. The molecule has 2 fully saturated rings. The van der Waals surface area contributed by atoms with Crippen molar-refractivity contribution in [1.29, 1.82) is 0 Å². The molecule has 2 saturated heterocycles. The zero-order valence-electron chi connectivity index (χ0n) is 14.5. The highest BCUT2D eigenvalue weighted by molar-refractivity contribution is 6.06. The van der Waals surface area contributed by atoms with Gasteiger partial charge in [0.05, 0.1) is 6.42 Å². The highest BCUT2D eigenvalue weighted by Gasteiger charge is 2.37. The summed E-state index contributed by atoms with van der Waals surface area (Å²) in [7, 11) is 0. The van der Waals surface area contributed by atoms with Gasteiger partial charge in [-0.2, -0.15) is 0 Å². The SMILES string of the molecule is CCCCN1C(=O)C[C@@H](Nc2ccc(N3CCCCC3)cc2)C1=O. The smallest absolute Gasteiger partial charge is 0.252 e. The molecule has 130 valence electrons. The minimum atomic E-state index is -0.421. The molecule has 0 saturated carbocycles. The van der Waals surface area contributed by atoms with Crippen molar-refractivity contribution in [3.8, 4) is 0 Å². The van der Waals surface area contributed by atoms with Crippen LogP contribution in [-0.4, -0.2) is 42.4 Å². The Kier molecular flexibility index (Phi) is 5.38. The van der Waals surface area contributed by atoms with E-state index in [1.807, 2.05) is 12.1 Å². The molecule has 2 aliphatic heterocycles. The van der Waals surface area contributed by atoms with Gasteiger partial charge in [0.2, 0.25) is 5.91 Å². The Morgan fingerprint density at radius 2 is 1.79 bits per heavy atom. The van der Waals surface area contributed by atoms with E-state index in [1.54, 1.807) is 0 Å². The zero-order valence-corrected chi connectivity index (χ0v) is 14.5. The molecule has 0 unspecified atom stereocenters. The maximum atomic E-state index is 12.4. The van der Waals surface area contributed by atoms with Crippen molar-refractivity contribution in [3.63, 3.8) is 0 Å². The molecule has 1 aromatic rings. The number of benzene rings is 1. The molecule has 3 rings (SSSR count). The maximum absolute atomic E-state index is 12.4. The summed E-state index contributed by atoms with van der Waals surface area (Å²) in [4.78, 5) is 28.2. The number of piperidine rings is 1. The van der Waals surface area contributed by atoms with Gasteiger partial charge >= 0.3 is 0 Å². The van der Waals surface area contributed by atoms with Crippen LogP contribution in [0.4, 0.5) is 11.4 Å². The molecular weight excluding hydrogens is 302 g/mol. The van der Waals surface area contributed by atoms with Crippen molar-refractivity contribution in [2.24, 2.45) is 0 Å². The third-order valence-corrected chi connectivity index (χ3v) is 4.91. The van der Waals surface area contributed by atoms with Gasteiger partial charge in [-0.25, -0.2) is 0 Å². The lowest BCUT2D eigenvalue weighted by atomic mass is 10.1. The third kappa shape index (κ3) is 3.71. The van der Waals surface area contributed by atoms with Crippen LogP contribution in [0.2, 0.25) is 0 Å². The van der Waals surface area contributed by atoms with E-state index in [2.05, 4.69) is 29.3 Å². The number of nitrogens with one attached hydrogen (secondary N) is 1. The number of nitrogens with zero attached hydrogens (tertiary/aromatic N) is 2. The van der Waals surface area contributed by atoms with Gasteiger partial charge in [0.15, 0.2) is 0 Å². The van der Waals surface area contributed by atoms with Crippen molar-refractivity contribution in [3.05, 3.63) is 24.3 Å². The molecule has 2 amide bonds. The van der Waals surface area contributed by atoms with E-state index in [9.17, 15) is 9.59 Å². The normalized spacial score (nSPS) is 21.5. The Labute approximate surface area is 144 Å². The summed E-state index contributed by atoms with van der Waals surface area (Å²) in [5, 5.41) is 3.23. The predicted molar refractivity (Wildman–Crippen MR) is 96.2 cm³/mol. The Balaban J connectivity index is 1.59. The fourth-order valence-corrected chi connectivity index (χ4v) is 3.47. The Hall–Kier alpha value is -2.04. The molecular formula is C19H27N3O2. The van der Waals surface area contributed by atoms with Crippen LogP contribution in [0, 0.1) is 0 Å². The van der Waals surface area contributed by atoms with Gasteiger partial charge in [0.25, 0.3) is 5.91 Å². The Morgan fingerprint density at radius 1 is 1.08 bits per heavy atom. The average Bonchev–Trinajstić information content (AvgIpc) is 2.88. The maximum Gasteiger partial charge on any atom is 0.252 e. The predicted octanol–water partition coefficient (Wildman–Crippen LogP) is 3.02. The number of imide groups is 1. The summed E-state index contributed by atoms with van der Waals surface area (Å²) < 4.78 is 0. The van der Waals surface area contributed by atoms with Crippen LogP contribution in [0.15, 0.2) is 24.3 Å². The van der Waals surface area contributed by atoms with Gasteiger partial charge in [-0.1, -0.05) is 13.3 Å². The van der Waals surface area contributed by atoms with Crippen LogP contribution in [0.25, 0.3) is 0 Å². The summed E-state index contributed by atoms with van der Waals surface area (Å²) in [5.74, 6) is -0.149. The molecule has 0 aromatic heterocycles. The molecule has 0 aliphatic carbocycles. The van der Waals surface area contributed by atoms with E-state index in [0.29, 0.717) is 6.54 Å². The lowest BCUT2D eigenvalue weighted by Crippen LogP contribution is -2.35. The first-order chi connectivity index (χ1) is 11.7. The first-order valence-corrected chi connectivity index (χ1v) is 9.15. The number of carbonyl (C=O) groups excluding carboxylic acids is 2. The van der Waals surface area contributed by atoms with Crippen molar-refractivity contribution in [2.75, 3.05) is 29.9 Å². The van der Waals surface area contributed by atoms with Crippen LogP contribution >= 0.6 is 0 Å². The number of unbranched alkanes of at least 4 members (excludes halogenated alkanes) is 1. The average molecular weight is 329 g/mol. The van der Waals surface area contributed by atoms with E-state index in [-0.39, 0.29) is 18.2 Å². The second-order valence-corrected chi connectivity index (χ2v) is 6.73. The number of hydrogen-bond acceptors (Lipinski definition) is 4. The van der Waals surface area contributed by atoms with Crippen molar-refractivity contribution in [1.82, 2.24) is 4.90 Å². The van der Waals surface area contributed by atoms with Crippen LogP contribution in [-0.2, 0) is 9.59 Å². The van der Waals surface area contributed by atoms with Gasteiger partial charge in [-0.15, -0.1) is 0 Å². The van der Waals surface area contributed by atoms with Crippen LogP contribution in [0.5, 0.6) is 0 Å².